The van der Waals surface area contributed by atoms with Crippen LogP contribution in [-0.2, 0) is 5.75 Å². The average Bonchev–Trinajstić information content (AvgIpc) is 2.86. The number of nitrogens with two attached hydrogens (primary N) is 1. The van der Waals surface area contributed by atoms with Gasteiger partial charge in [0.2, 0.25) is 0 Å². The number of benzene rings is 2. The number of hydrogen-bond acceptors (Lipinski definition) is 2. The summed E-state index contributed by atoms with van der Waals surface area (Å²) in [4.78, 5) is 1.20. The molecular formula is C19H20N2S. The number of thioether (sulfide) groups is 1. The summed E-state index contributed by atoms with van der Waals surface area (Å²) < 4.78 is 2.20. The smallest absolute Gasteiger partial charge is 0.0685 e. The lowest BCUT2D eigenvalue weighted by Gasteiger charge is -2.13. The highest BCUT2D eigenvalue weighted by Gasteiger charge is 2.08. The van der Waals surface area contributed by atoms with Gasteiger partial charge in [-0.25, -0.2) is 0 Å². The molecule has 0 saturated heterocycles. The highest BCUT2D eigenvalue weighted by Crippen LogP contribution is 2.29. The van der Waals surface area contributed by atoms with Gasteiger partial charge in [0.05, 0.1) is 11.4 Å². The summed E-state index contributed by atoms with van der Waals surface area (Å²) in [6.07, 6.45) is 0. The number of rotatable bonds is 4. The molecule has 0 atom stereocenters. The van der Waals surface area contributed by atoms with E-state index < -0.39 is 0 Å². The summed E-state index contributed by atoms with van der Waals surface area (Å²) >= 11 is 1.81. The van der Waals surface area contributed by atoms with Crippen molar-refractivity contribution >= 4 is 17.4 Å². The van der Waals surface area contributed by atoms with Crippen molar-refractivity contribution in [2.24, 2.45) is 0 Å². The van der Waals surface area contributed by atoms with Gasteiger partial charge in [0.15, 0.2) is 0 Å². The lowest BCUT2D eigenvalue weighted by Crippen LogP contribution is -2.03. The molecule has 3 heteroatoms. The van der Waals surface area contributed by atoms with E-state index in [1.54, 1.807) is 0 Å². The standard InChI is InChI=1S/C19H20N2S/c1-14-8-9-15(2)21(14)19-11-10-17(12-18(19)20)22-13-16-6-4-3-5-7-16/h3-12H,13,20H2,1-2H3. The van der Waals surface area contributed by atoms with E-state index in [9.17, 15) is 0 Å². The number of nitrogen functional groups attached to an aromatic ring is 1. The van der Waals surface area contributed by atoms with Crippen molar-refractivity contribution in [2.45, 2.75) is 24.5 Å². The molecule has 0 unspecified atom stereocenters. The molecular weight excluding hydrogens is 288 g/mol. The maximum Gasteiger partial charge on any atom is 0.0685 e. The van der Waals surface area contributed by atoms with E-state index in [0.29, 0.717) is 0 Å². The first-order valence-corrected chi connectivity index (χ1v) is 8.35. The first-order valence-electron chi connectivity index (χ1n) is 7.37. The van der Waals surface area contributed by atoms with Gasteiger partial charge in [-0.15, -0.1) is 11.8 Å². The zero-order valence-electron chi connectivity index (χ0n) is 12.9. The summed E-state index contributed by atoms with van der Waals surface area (Å²) in [6.45, 7) is 4.20. The van der Waals surface area contributed by atoms with Crippen molar-refractivity contribution in [3.05, 3.63) is 77.6 Å². The summed E-state index contributed by atoms with van der Waals surface area (Å²) in [6, 6.07) is 21.1. The van der Waals surface area contributed by atoms with Gasteiger partial charge in [0, 0.05) is 22.0 Å². The summed E-state index contributed by atoms with van der Waals surface area (Å²) in [5.74, 6) is 0.960. The fourth-order valence-corrected chi connectivity index (χ4v) is 3.52. The SMILES string of the molecule is Cc1ccc(C)n1-c1ccc(SCc2ccccc2)cc1N. The third-order valence-corrected chi connectivity index (χ3v) is 4.82. The van der Waals surface area contributed by atoms with Crippen molar-refractivity contribution in [3.8, 4) is 5.69 Å². The largest absolute Gasteiger partial charge is 0.397 e. The minimum Gasteiger partial charge on any atom is -0.397 e. The van der Waals surface area contributed by atoms with E-state index in [-0.39, 0.29) is 0 Å². The second-order valence-corrected chi connectivity index (χ2v) is 6.50. The van der Waals surface area contributed by atoms with Gasteiger partial charge >= 0.3 is 0 Å². The Labute approximate surface area is 136 Å². The minimum atomic E-state index is 0.820. The van der Waals surface area contributed by atoms with Crippen molar-refractivity contribution in [1.82, 2.24) is 4.57 Å². The lowest BCUT2D eigenvalue weighted by molar-refractivity contribution is 0.966. The maximum atomic E-state index is 6.29. The van der Waals surface area contributed by atoms with Gasteiger partial charge < -0.3 is 10.3 Å². The molecule has 0 spiro atoms. The molecule has 0 saturated carbocycles. The highest BCUT2D eigenvalue weighted by molar-refractivity contribution is 7.98. The number of nitrogens with zero attached hydrogens (tertiary/aromatic N) is 1. The number of aromatic nitrogens is 1. The molecule has 0 fully saturated rings. The van der Waals surface area contributed by atoms with Gasteiger partial charge in [-0.1, -0.05) is 30.3 Å². The average molecular weight is 308 g/mol. The predicted molar refractivity (Wildman–Crippen MR) is 95.7 cm³/mol. The van der Waals surface area contributed by atoms with Gasteiger partial charge in [0.25, 0.3) is 0 Å². The van der Waals surface area contributed by atoms with Crippen LogP contribution in [0.15, 0.2) is 65.6 Å². The zero-order valence-corrected chi connectivity index (χ0v) is 13.7. The van der Waals surface area contributed by atoms with Crippen LogP contribution < -0.4 is 5.73 Å². The summed E-state index contributed by atoms with van der Waals surface area (Å²) in [5, 5.41) is 0. The maximum absolute atomic E-state index is 6.29. The molecule has 3 rings (SSSR count). The van der Waals surface area contributed by atoms with Crippen molar-refractivity contribution in [1.29, 1.82) is 0 Å². The Hall–Kier alpha value is -2.13. The zero-order chi connectivity index (χ0) is 15.5. The Kier molecular flexibility index (Phi) is 4.25. The highest BCUT2D eigenvalue weighted by atomic mass is 32.2. The van der Waals surface area contributed by atoms with E-state index in [0.717, 1.165) is 17.1 Å². The Bertz CT molecular complexity index is 756. The quantitative estimate of drug-likeness (QED) is 0.545. The number of aryl methyl sites for hydroxylation is 2. The van der Waals surface area contributed by atoms with Gasteiger partial charge in [-0.05, 0) is 49.7 Å². The molecule has 0 aliphatic heterocycles. The van der Waals surface area contributed by atoms with Crippen LogP contribution in [-0.4, -0.2) is 4.57 Å². The monoisotopic (exact) mass is 308 g/mol. The Morgan fingerprint density at radius 1 is 0.909 bits per heavy atom. The lowest BCUT2D eigenvalue weighted by atomic mass is 10.2. The van der Waals surface area contributed by atoms with Crippen LogP contribution in [0.1, 0.15) is 17.0 Å². The molecule has 0 aliphatic carbocycles. The van der Waals surface area contributed by atoms with E-state index in [4.69, 9.17) is 5.73 Å². The molecule has 1 aromatic heterocycles. The molecule has 0 radical (unpaired) electrons. The normalized spacial score (nSPS) is 10.8. The molecule has 112 valence electrons. The third kappa shape index (κ3) is 3.04. The van der Waals surface area contributed by atoms with Crippen molar-refractivity contribution in [2.75, 3.05) is 5.73 Å². The molecule has 2 nitrogen and oxygen atoms in total. The Morgan fingerprint density at radius 3 is 2.23 bits per heavy atom. The third-order valence-electron chi connectivity index (χ3n) is 3.76. The van der Waals surface area contributed by atoms with Crippen LogP contribution in [0.4, 0.5) is 5.69 Å². The Morgan fingerprint density at radius 2 is 1.59 bits per heavy atom. The summed E-state index contributed by atoms with van der Waals surface area (Å²) in [5.41, 5.74) is 11.9. The second kappa shape index (κ2) is 6.32. The van der Waals surface area contributed by atoms with E-state index in [1.165, 1.54) is 21.8 Å². The van der Waals surface area contributed by atoms with Crippen LogP contribution in [0.3, 0.4) is 0 Å². The van der Waals surface area contributed by atoms with Crippen LogP contribution in [0.5, 0.6) is 0 Å². The fourth-order valence-electron chi connectivity index (χ4n) is 2.62. The van der Waals surface area contributed by atoms with Crippen LogP contribution >= 0.6 is 11.8 Å². The molecule has 1 heterocycles. The van der Waals surface area contributed by atoms with Crippen molar-refractivity contribution < 1.29 is 0 Å². The Balaban J connectivity index is 1.81. The van der Waals surface area contributed by atoms with Crippen LogP contribution in [0.25, 0.3) is 5.69 Å². The number of hydrogen-bond donors (Lipinski definition) is 1. The first-order chi connectivity index (χ1) is 10.6. The molecule has 0 aliphatic rings. The van der Waals surface area contributed by atoms with E-state index >= 15 is 0 Å². The fraction of sp³-hybridized carbons (Fsp3) is 0.158. The first kappa shape index (κ1) is 14.8. The molecule has 0 amide bonds. The molecule has 3 aromatic rings. The van der Waals surface area contributed by atoms with E-state index in [1.807, 2.05) is 17.8 Å². The van der Waals surface area contributed by atoms with Crippen molar-refractivity contribution in [3.63, 3.8) is 0 Å². The second-order valence-electron chi connectivity index (χ2n) is 5.45. The van der Waals surface area contributed by atoms with Crippen LogP contribution in [0, 0.1) is 13.8 Å². The van der Waals surface area contributed by atoms with Gasteiger partial charge in [-0.2, -0.15) is 0 Å². The van der Waals surface area contributed by atoms with Gasteiger partial charge in [0.1, 0.15) is 0 Å². The number of anilines is 1. The predicted octanol–water partition coefficient (Wildman–Crippen LogP) is 4.97. The molecule has 22 heavy (non-hydrogen) atoms. The molecule has 0 bridgehead atoms. The molecule has 2 aromatic carbocycles. The summed E-state index contributed by atoms with van der Waals surface area (Å²) in [7, 11) is 0. The van der Waals surface area contributed by atoms with Gasteiger partial charge in [-0.3, -0.25) is 0 Å². The topological polar surface area (TPSA) is 30.9 Å². The minimum absolute atomic E-state index is 0.820. The van der Waals surface area contributed by atoms with Crippen LogP contribution in [0.2, 0.25) is 0 Å². The molecule has 2 N–H and O–H groups in total. The van der Waals surface area contributed by atoms with E-state index in [2.05, 4.69) is 73.0 Å².